The molecular weight excluding hydrogens is 1110 g/mol. The molecule has 2 unspecified atom stereocenters. The fraction of sp³-hybridized carbons (Fsp3) is 0.262. The lowest BCUT2D eigenvalue weighted by Crippen LogP contribution is -2.33. The topological polar surface area (TPSA) is 239 Å². The van der Waals surface area contributed by atoms with Crippen LogP contribution in [0.15, 0.2) is 144 Å². The van der Waals surface area contributed by atoms with E-state index in [9.17, 15) is 28.8 Å². The van der Waals surface area contributed by atoms with Gasteiger partial charge in [0.2, 0.25) is 0 Å². The number of rotatable bonds is 18. The fourth-order valence-electron chi connectivity index (χ4n) is 9.38. The van der Waals surface area contributed by atoms with E-state index in [1.54, 1.807) is 72.8 Å². The molecule has 408 valence electrons. The van der Waals surface area contributed by atoms with Gasteiger partial charge >= 0.3 is 24.0 Å². The van der Waals surface area contributed by atoms with Gasteiger partial charge in [-0.05, 0) is 160 Å². The number of amides is 6. The molecule has 2 aliphatic rings. The maximum Gasteiger partial charge on any atom is 0.319 e. The highest BCUT2D eigenvalue weighted by Crippen LogP contribution is 2.35. The molecule has 1 fully saturated rings. The minimum Gasteiger partial charge on any atom is -0.481 e. The van der Waals surface area contributed by atoms with E-state index >= 15 is 0 Å². The van der Waals surface area contributed by atoms with Gasteiger partial charge in [-0.25, -0.2) is 9.59 Å². The predicted octanol–water partition coefficient (Wildman–Crippen LogP) is 13.6. The Labute approximate surface area is 477 Å². The molecule has 0 spiro atoms. The summed E-state index contributed by atoms with van der Waals surface area (Å²) < 4.78 is 0.734. The molecule has 79 heavy (non-hydrogen) atoms. The molecule has 0 aliphatic heterocycles. The lowest BCUT2D eigenvalue weighted by Gasteiger charge is -2.24. The highest BCUT2D eigenvalue weighted by atomic mass is 79.9. The van der Waals surface area contributed by atoms with Crippen molar-refractivity contribution < 1.29 is 39.0 Å². The molecule has 8 N–H and O–H groups in total. The Bertz CT molecular complexity index is 3200. The molecule has 0 radical (unpaired) electrons. The summed E-state index contributed by atoms with van der Waals surface area (Å²) >= 11 is 15.6. The van der Waals surface area contributed by atoms with Gasteiger partial charge in [0.15, 0.2) is 0 Å². The van der Waals surface area contributed by atoms with Crippen molar-refractivity contribution in [2.45, 2.75) is 88.6 Å². The first-order valence-electron chi connectivity index (χ1n) is 26.0. The average molecular weight is 1170 g/mol. The Kier molecular flexibility index (Phi) is 21.6. The molecule has 6 amide bonds. The van der Waals surface area contributed by atoms with Crippen molar-refractivity contribution in [1.29, 1.82) is 5.26 Å². The third-order valence-corrected chi connectivity index (χ3v) is 15.1. The second kappa shape index (κ2) is 29.1. The first-order valence-corrected chi connectivity index (χ1v) is 27.6. The Morgan fingerprint density at radius 2 is 1.05 bits per heavy atom. The Morgan fingerprint density at radius 1 is 0.582 bits per heavy atom. The van der Waals surface area contributed by atoms with Gasteiger partial charge in [0.1, 0.15) is 6.07 Å². The van der Waals surface area contributed by atoms with Crippen LogP contribution in [-0.2, 0) is 9.59 Å². The van der Waals surface area contributed by atoms with Crippen molar-refractivity contribution in [3.05, 3.63) is 204 Å². The summed E-state index contributed by atoms with van der Waals surface area (Å²) in [6.07, 6.45) is 12.7. The number of benzene rings is 6. The summed E-state index contributed by atoms with van der Waals surface area (Å²) in [5.41, 5.74) is 9.21. The van der Waals surface area contributed by atoms with E-state index in [4.69, 9.17) is 38.7 Å². The van der Waals surface area contributed by atoms with Crippen molar-refractivity contribution in [3.63, 3.8) is 0 Å². The number of carboxylic acids is 2. The number of nitriles is 1. The number of hydrogen-bond acceptors (Lipinski definition) is 7. The highest BCUT2D eigenvalue weighted by Gasteiger charge is 2.22. The van der Waals surface area contributed by atoms with Crippen LogP contribution < -0.4 is 31.9 Å². The molecule has 2 atom stereocenters. The number of aliphatic carboxylic acids is 2. The maximum absolute atomic E-state index is 13.0. The van der Waals surface area contributed by atoms with Gasteiger partial charge in [-0.1, -0.05) is 121 Å². The lowest BCUT2D eigenvalue weighted by atomic mass is 9.83. The first kappa shape index (κ1) is 58.7. The molecule has 18 heteroatoms. The summed E-state index contributed by atoms with van der Waals surface area (Å²) in [6.45, 7) is 0.0795. The van der Waals surface area contributed by atoms with Crippen molar-refractivity contribution in [3.8, 4) is 6.07 Å². The molecule has 15 nitrogen and oxygen atoms in total. The summed E-state index contributed by atoms with van der Waals surface area (Å²) in [4.78, 5) is 72.3. The number of carbonyl (C=O) groups is 6. The summed E-state index contributed by atoms with van der Waals surface area (Å²) in [7, 11) is 0. The molecule has 2 aliphatic carbocycles. The number of carbonyl (C=O) groups excluding carboxylic acids is 4. The van der Waals surface area contributed by atoms with Gasteiger partial charge in [0.25, 0.3) is 11.8 Å². The molecule has 6 aromatic carbocycles. The lowest BCUT2D eigenvalue weighted by molar-refractivity contribution is -0.137. The van der Waals surface area contributed by atoms with E-state index in [2.05, 4.69) is 90.3 Å². The summed E-state index contributed by atoms with van der Waals surface area (Å²) in [5, 5.41) is 44.2. The van der Waals surface area contributed by atoms with Gasteiger partial charge in [0, 0.05) is 40.1 Å². The Morgan fingerprint density at radius 3 is 1.49 bits per heavy atom. The average Bonchev–Trinajstić information content (AvgIpc) is 3.48. The van der Waals surface area contributed by atoms with E-state index in [0.29, 0.717) is 39.0 Å². The minimum absolute atomic E-state index is 0.0302. The molecule has 8 rings (SSSR count). The number of urea groups is 2. The maximum atomic E-state index is 13.0. The number of hydrogen-bond donors (Lipinski definition) is 8. The van der Waals surface area contributed by atoms with E-state index in [1.165, 1.54) is 68.2 Å². The van der Waals surface area contributed by atoms with Crippen molar-refractivity contribution >= 4 is 91.9 Å². The Balaban J connectivity index is 0.000000229. The zero-order valence-electron chi connectivity index (χ0n) is 43.1. The van der Waals surface area contributed by atoms with Crippen LogP contribution >= 0.6 is 39.1 Å². The molecule has 1 saturated carbocycles. The number of halogens is 3. The van der Waals surface area contributed by atoms with Gasteiger partial charge in [0.05, 0.1) is 40.5 Å². The predicted molar refractivity (Wildman–Crippen MR) is 311 cm³/mol. The van der Waals surface area contributed by atoms with E-state index < -0.39 is 36.1 Å². The zero-order valence-corrected chi connectivity index (χ0v) is 46.2. The summed E-state index contributed by atoms with van der Waals surface area (Å²) in [5.74, 6) is -2.12. The molecular formula is C61H60BrCl2N7O8. The largest absolute Gasteiger partial charge is 0.481 e. The fourth-order valence-corrected chi connectivity index (χ4v) is 10.0. The van der Waals surface area contributed by atoms with Crippen molar-refractivity contribution in [2.24, 2.45) is 0 Å². The second-order valence-electron chi connectivity index (χ2n) is 19.1. The van der Waals surface area contributed by atoms with E-state index in [0.717, 1.165) is 45.1 Å². The smallest absolute Gasteiger partial charge is 0.319 e. The van der Waals surface area contributed by atoms with Crippen molar-refractivity contribution in [1.82, 2.24) is 21.3 Å². The van der Waals surface area contributed by atoms with Crippen LogP contribution in [-0.4, -0.2) is 59.1 Å². The second-order valence-corrected chi connectivity index (χ2v) is 20.8. The van der Waals surface area contributed by atoms with Gasteiger partial charge in [-0.3, -0.25) is 19.2 Å². The quantitative estimate of drug-likeness (QED) is 0.0408. The third kappa shape index (κ3) is 17.5. The van der Waals surface area contributed by atoms with Crippen LogP contribution in [0.25, 0.3) is 5.57 Å². The van der Waals surface area contributed by atoms with Crippen LogP contribution in [0.1, 0.15) is 148 Å². The number of carboxylic acid groups (broad SMARTS) is 2. The third-order valence-electron chi connectivity index (χ3n) is 13.6. The minimum atomic E-state index is -0.989. The number of allylic oxidation sites excluding steroid dienone is 2. The van der Waals surface area contributed by atoms with Gasteiger partial charge in [-0.15, -0.1) is 0 Å². The zero-order chi connectivity index (χ0) is 56.3. The van der Waals surface area contributed by atoms with Crippen LogP contribution in [0.5, 0.6) is 0 Å². The SMILES string of the molecule is N#Cc1ccc(NC(=O)NC(c2ccc(C(=O)NCCC(=O)O)cc2)c2ccc(C3=CCCCC3)cc2)cc1Cl.O=C(O)CCNC(=O)c1ccc(C(NC(=O)Nc2ccc(Br)c(Cl)c2)c2ccc(C3CCCCC3)cc2)cc1. The molecule has 0 saturated heterocycles. The molecule has 0 heterocycles. The number of nitrogens with one attached hydrogen (secondary N) is 6. The monoisotopic (exact) mass is 1170 g/mol. The molecule has 0 bridgehead atoms. The van der Waals surface area contributed by atoms with Crippen LogP contribution in [0, 0.1) is 11.3 Å². The van der Waals surface area contributed by atoms with Crippen LogP contribution in [0.3, 0.4) is 0 Å². The molecule has 0 aromatic heterocycles. The van der Waals surface area contributed by atoms with Crippen LogP contribution in [0.4, 0.5) is 21.0 Å². The highest BCUT2D eigenvalue weighted by molar-refractivity contribution is 9.10. The first-order chi connectivity index (χ1) is 38.1. The van der Waals surface area contributed by atoms with Crippen LogP contribution in [0.2, 0.25) is 10.0 Å². The normalized spacial score (nSPS) is 13.8. The number of anilines is 2. The standard InChI is InChI=1S/C31H29ClN4O4.C30H31BrClN3O4/c32-27-18-26(15-14-25(27)19-33)35-31(40)36-29(22-8-6-21(7-9-22)20-4-2-1-3-5-20)23-10-12-24(13-11-23)30(39)34-17-16-28(37)38;31-25-15-14-24(18-26(25)32)34-30(39)35-28(21-8-6-20(7-9-21)19-4-2-1-3-5-19)22-10-12-23(13-11-22)29(38)33-17-16-27(36)37/h4,6-15,18,29H,1-3,5,16-17H2,(H,34,39)(H,37,38)(H2,35,36,40);6-15,18-19,28H,1-5,16-17H2,(H,33,38)(H,36,37)(H2,34,35,39). The van der Waals surface area contributed by atoms with Gasteiger partial charge < -0.3 is 42.1 Å². The summed E-state index contributed by atoms with van der Waals surface area (Å²) in [6, 6.07) is 40.2. The number of nitrogens with zero attached hydrogens (tertiary/aromatic N) is 1. The van der Waals surface area contributed by atoms with Crippen molar-refractivity contribution in [2.75, 3.05) is 23.7 Å². The van der Waals surface area contributed by atoms with E-state index in [-0.39, 0.29) is 42.8 Å². The van der Waals surface area contributed by atoms with Gasteiger partial charge in [-0.2, -0.15) is 5.26 Å². The molecule has 6 aromatic rings. The Hall–Kier alpha value is -7.97. The van der Waals surface area contributed by atoms with E-state index in [1.807, 2.05) is 18.2 Å².